The lowest BCUT2D eigenvalue weighted by atomic mass is 9.92. The van der Waals surface area contributed by atoms with E-state index in [9.17, 15) is 9.59 Å². The van der Waals surface area contributed by atoms with Gasteiger partial charge in [0, 0.05) is 0 Å². The van der Waals surface area contributed by atoms with Crippen molar-refractivity contribution in [1.82, 2.24) is 5.32 Å². The highest BCUT2D eigenvalue weighted by Gasteiger charge is 2.44. The molecule has 2 N–H and O–H groups in total. The van der Waals surface area contributed by atoms with Crippen LogP contribution in [-0.2, 0) is 9.59 Å². The van der Waals surface area contributed by atoms with Gasteiger partial charge in [0.25, 0.3) is 0 Å². The van der Waals surface area contributed by atoms with Gasteiger partial charge in [0.05, 0.1) is 12.0 Å². The Morgan fingerprint density at radius 3 is 2.67 bits per heavy atom. The van der Waals surface area contributed by atoms with Crippen molar-refractivity contribution in [2.75, 3.05) is 6.26 Å². The summed E-state index contributed by atoms with van der Waals surface area (Å²) in [5.41, 5.74) is 0. The number of hydrogen-bond donors (Lipinski definition) is 2. The van der Waals surface area contributed by atoms with Gasteiger partial charge in [-0.25, -0.2) is 0 Å². The number of carboxylic acids is 1. The van der Waals surface area contributed by atoms with Crippen LogP contribution in [-0.4, -0.2) is 34.5 Å². The number of hydrogen-bond acceptors (Lipinski definition) is 3. The van der Waals surface area contributed by atoms with E-state index in [1.54, 1.807) is 6.92 Å². The topological polar surface area (TPSA) is 66.4 Å². The largest absolute Gasteiger partial charge is 0.481 e. The number of carboxylic acid groups (broad SMARTS) is 1. The van der Waals surface area contributed by atoms with Gasteiger partial charge in [-0.05, 0) is 13.2 Å². The third-order valence-corrected chi connectivity index (χ3v) is 3.09. The molecule has 12 heavy (non-hydrogen) atoms. The first-order valence-electron chi connectivity index (χ1n) is 3.64. The van der Waals surface area contributed by atoms with Crippen LogP contribution in [0.15, 0.2) is 0 Å². The summed E-state index contributed by atoms with van der Waals surface area (Å²) in [6, 6.07) is -0.204. The molecule has 1 aliphatic heterocycles. The summed E-state index contributed by atoms with van der Waals surface area (Å²) in [4.78, 5) is 21.4. The standard InChI is InChI=1S/C7H11NO3S/c1-3(7(10)11)4-5(12-2)6(9)8-4/h3-5H,1-2H3,(H,8,9)(H,10,11). The van der Waals surface area contributed by atoms with Crippen molar-refractivity contribution < 1.29 is 14.7 Å². The van der Waals surface area contributed by atoms with Crippen LogP contribution >= 0.6 is 11.8 Å². The Morgan fingerprint density at radius 2 is 2.33 bits per heavy atom. The van der Waals surface area contributed by atoms with Crippen LogP contribution in [0, 0.1) is 5.92 Å². The smallest absolute Gasteiger partial charge is 0.308 e. The molecule has 0 radical (unpaired) electrons. The third-order valence-electron chi connectivity index (χ3n) is 2.08. The molecule has 1 heterocycles. The summed E-state index contributed by atoms with van der Waals surface area (Å²) in [5.74, 6) is -1.42. The van der Waals surface area contributed by atoms with Gasteiger partial charge >= 0.3 is 5.97 Å². The summed E-state index contributed by atoms with van der Waals surface area (Å²) < 4.78 is 0. The summed E-state index contributed by atoms with van der Waals surface area (Å²) >= 11 is 1.40. The van der Waals surface area contributed by atoms with Crippen molar-refractivity contribution in [2.24, 2.45) is 5.92 Å². The number of rotatable bonds is 3. The van der Waals surface area contributed by atoms with Crippen LogP contribution in [0.2, 0.25) is 0 Å². The van der Waals surface area contributed by atoms with Crippen LogP contribution in [0.5, 0.6) is 0 Å². The molecule has 0 aromatic rings. The second-order valence-corrected chi connectivity index (χ2v) is 3.80. The van der Waals surface area contributed by atoms with E-state index in [4.69, 9.17) is 5.11 Å². The first kappa shape index (κ1) is 9.38. The zero-order valence-corrected chi connectivity index (χ0v) is 7.72. The molecule has 1 fully saturated rings. The lowest BCUT2D eigenvalue weighted by Gasteiger charge is -2.37. The molecule has 0 bridgehead atoms. The molecule has 1 aliphatic rings. The van der Waals surface area contributed by atoms with E-state index >= 15 is 0 Å². The Labute approximate surface area is 74.7 Å². The molecule has 0 aromatic heterocycles. The monoisotopic (exact) mass is 189 g/mol. The summed E-state index contributed by atoms with van der Waals surface area (Å²) in [5, 5.41) is 11.1. The number of aliphatic carboxylic acids is 1. The number of β-lactam (4-membered cyclic amide) rings is 1. The van der Waals surface area contributed by atoms with Crippen LogP contribution in [0.3, 0.4) is 0 Å². The van der Waals surface area contributed by atoms with Crippen molar-refractivity contribution >= 4 is 23.6 Å². The minimum atomic E-state index is -0.862. The van der Waals surface area contributed by atoms with Crippen molar-refractivity contribution in [1.29, 1.82) is 0 Å². The molecule has 0 saturated carbocycles. The second-order valence-electron chi connectivity index (χ2n) is 2.82. The highest BCUT2D eigenvalue weighted by atomic mass is 32.2. The molecular weight excluding hydrogens is 178 g/mol. The first-order valence-corrected chi connectivity index (χ1v) is 4.92. The van der Waals surface area contributed by atoms with Crippen LogP contribution < -0.4 is 5.32 Å². The number of nitrogens with one attached hydrogen (secondary N) is 1. The van der Waals surface area contributed by atoms with E-state index in [2.05, 4.69) is 5.32 Å². The lowest BCUT2D eigenvalue weighted by Crippen LogP contribution is -2.64. The molecule has 0 aromatic carbocycles. The lowest BCUT2D eigenvalue weighted by molar-refractivity contribution is -0.144. The maximum atomic E-state index is 10.9. The molecule has 1 rings (SSSR count). The predicted octanol–water partition coefficient (Wildman–Crippen LogP) is -0.0629. The van der Waals surface area contributed by atoms with E-state index in [0.717, 1.165) is 0 Å². The molecular formula is C7H11NO3S. The van der Waals surface area contributed by atoms with Gasteiger partial charge in [0.2, 0.25) is 5.91 Å². The Balaban J connectivity index is 2.55. The fourth-order valence-corrected chi connectivity index (χ4v) is 2.06. The normalized spacial score (nSPS) is 30.3. The molecule has 5 heteroatoms. The quantitative estimate of drug-likeness (QED) is 0.610. The van der Waals surface area contributed by atoms with Crippen molar-refractivity contribution in [3.8, 4) is 0 Å². The van der Waals surface area contributed by atoms with E-state index in [1.165, 1.54) is 11.8 Å². The Bertz CT molecular complexity index is 209. The Hall–Kier alpha value is -0.710. The Kier molecular flexibility index (Phi) is 2.62. The van der Waals surface area contributed by atoms with Crippen molar-refractivity contribution in [3.63, 3.8) is 0 Å². The van der Waals surface area contributed by atoms with Crippen molar-refractivity contribution in [3.05, 3.63) is 0 Å². The van der Waals surface area contributed by atoms with Gasteiger partial charge in [0.15, 0.2) is 0 Å². The van der Waals surface area contributed by atoms with Gasteiger partial charge in [-0.3, -0.25) is 9.59 Å². The minimum absolute atomic E-state index is 0.0550. The maximum absolute atomic E-state index is 10.9. The zero-order valence-electron chi connectivity index (χ0n) is 6.90. The summed E-state index contributed by atoms with van der Waals surface area (Å²) in [7, 11) is 0. The minimum Gasteiger partial charge on any atom is -0.481 e. The zero-order chi connectivity index (χ0) is 9.30. The van der Waals surface area contributed by atoms with Gasteiger partial charge in [-0.1, -0.05) is 0 Å². The predicted molar refractivity (Wildman–Crippen MR) is 46.0 cm³/mol. The van der Waals surface area contributed by atoms with Crippen LogP contribution in [0.25, 0.3) is 0 Å². The van der Waals surface area contributed by atoms with Gasteiger partial charge in [0.1, 0.15) is 5.25 Å². The van der Waals surface area contributed by atoms with Gasteiger partial charge < -0.3 is 10.4 Å². The molecule has 0 spiro atoms. The van der Waals surface area contributed by atoms with E-state index < -0.39 is 11.9 Å². The maximum Gasteiger partial charge on any atom is 0.308 e. The highest BCUT2D eigenvalue weighted by molar-refractivity contribution is 8.00. The van der Waals surface area contributed by atoms with Crippen molar-refractivity contribution in [2.45, 2.75) is 18.2 Å². The van der Waals surface area contributed by atoms with E-state index in [1.807, 2.05) is 6.26 Å². The molecule has 3 atom stereocenters. The van der Waals surface area contributed by atoms with Gasteiger partial charge in [-0.15, -0.1) is 11.8 Å². The molecule has 0 aliphatic carbocycles. The summed E-state index contributed by atoms with van der Waals surface area (Å²) in [6.45, 7) is 1.61. The molecule has 1 amide bonds. The molecule has 4 nitrogen and oxygen atoms in total. The third kappa shape index (κ3) is 1.41. The van der Waals surface area contributed by atoms with E-state index in [0.29, 0.717) is 0 Å². The highest BCUT2D eigenvalue weighted by Crippen LogP contribution is 2.25. The Morgan fingerprint density at radius 1 is 1.75 bits per heavy atom. The molecule has 1 saturated heterocycles. The average Bonchev–Trinajstić information content (AvgIpc) is 1.99. The van der Waals surface area contributed by atoms with Gasteiger partial charge in [-0.2, -0.15) is 0 Å². The molecule has 68 valence electrons. The number of amides is 1. The number of carbonyl (C=O) groups is 2. The molecule has 3 unspecified atom stereocenters. The first-order chi connectivity index (χ1) is 5.57. The SMILES string of the molecule is CSC1C(=O)NC1C(C)C(=O)O. The second kappa shape index (κ2) is 3.35. The fourth-order valence-electron chi connectivity index (χ4n) is 1.18. The van der Waals surface area contributed by atoms with Crippen LogP contribution in [0.4, 0.5) is 0 Å². The van der Waals surface area contributed by atoms with Crippen LogP contribution in [0.1, 0.15) is 6.92 Å². The fraction of sp³-hybridized carbons (Fsp3) is 0.714. The number of thioether (sulfide) groups is 1. The summed E-state index contributed by atoms with van der Waals surface area (Å²) in [6.07, 6.45) is 1.81. The number of carbonyl (C=O) groups excluding carboxylic acids is 1. The van der Waals surface area contributed by atoms with E-state index in [-0.39, 0.29) is 17.2 Å². The average molecular weight is 189 g/mol.